The molecule has 2 N–H and O–H groups in total. The molecule has 0 saturated carbocycles. The standard InChI is InChI=1S/C20H20N2O4/c1-26-18-9-5-8-17-15(18)10-11-22(17)13-19(23)21-16(20(24)25)12-14-6-3-2-4-7-14/h2-11,16H,12-13H2,1H3,(H,21,23)(H,24,25). The van der Waals surface area contributed by atoms with E-state index in [0.29, 0.717) is 0 Å². The minimum absolute atomic E-state index is 0.0369. The molecule has 3 aromatic rings. The summed E-state index contributed by atoms with van der Waals surface area (Å²) in [7, 11) is 1.60. The number of methoxy groups -OCH3 is 1. The van der Waals surface area contributed by atoms with E-state index in [0.717, 1.165) is 22.2 Å². The molecule has 1 amide bonds. The molecule has 6 heteroatoms. The van der Waals surface area contributed by atoms with E-state index < -0.39 is 12.0 Å². The molecule has 134 valence electrons. The van der Waals surface area contributed by atoms with Gasteiger partial charge in [0.2, 0.25) is 5.91 Å². The van der Waals surface area contributed by atoms with Crippen LogP contribution in [0.5, 0.6) is 5.75 Å². The molecule has 26 heavy (non-hydrogen) atoms. The number of ether oxygens (including phenoxy) is 1. The summed E-state index contributed by atoms with van der Waals surface area (Å²) in [4.78, 5) is 23.9. The van der Waals surface area contributed by atoms with E-state index in [1.54, 1.807) is 17.9 Å². The van der Waals surface area contributed by atoms with Gasteiger partial charge in [0.1, 0.15) is 18.3 Å². The van der Waals surface area contributed by atoms with Gasteiger partial charge in [-0.15, -0.1) is 0 Å². The van der Waals surface area contributed by atoms with Crippen LogP contribution in [0.25, 0.3) is 10.9 Å². The van der Waals surface area contributed by atoms with Gasteiger partial charge in [0.05, 0.1) is 12.6 Å². The van der Waals surface area contributed by atoms with Gasteiger partial charge in [-0.2, -0.15) is 0 Å². The molecule has 1 atom stereocenters. The fourth-order valence-electron chi connectivity index (χ4n) is 2.96. The molecule has 0 saturated heterocycles. The second kappa shape index (κ2) is 7.74. The Morgan fingerprint density at radius 3 is 2.58 bits per heavy atom. The van der Waals surface area contributed by atoms with Gasteiger partial charge >= 0.3 is 5.97 Å². The first kappa shape index (κ1) is 17.5. The molecule has 6 nitrogen and oxygen atoms in total. The van der Waals surface area contributed by atoms with Crippen LogP contribution in [0.15, 0.2) is 60.8 Å². The van der Waals surface area contributed by atoms with Crippen molar-refractivity contribution in [3.8, 4) is 5.75 Å². The third-order valence-corrected chi connectivity index (χ3v) is 4.22. The van der Waals surface area contributed by atoms with Crippen LogP contribution in [-0.4, -0.2) is 34.7 Å². The Hall–Kier alpha value is -3.28. The number of amides is 1. The lowest BCUT2D eigenvalue weighted by molar-refractivity contribution is -0.141. The van der Waals surface area contributed by atoms with Gasteiger partial charge in [0, 0.05) is 18.0 Å². The van der Waals surface area contributed by atoms with Crippen LogP contribution in [0.1, 0.15) is 5.56 Å². The Labute approximate surface area is 151 Å². The van der Waals surface area contributed by atoms with Gasteiger partial charge in [0.15, 0.2) is 0 Å². The first-order valence-electron chi connectivity index (χ1n) is 8.26. The lowest BCUT2D eigenvalue weighted by atomic mass is 10.1. The highest BCUT2D eigenvalue weighted by atomic mass is 16.5. The van der Waals surface area contributed by atoms with Crippen LogP contribution in [0.4, 0.5) is 0 Å². The fraction of sp³-hybridized carbons (Fsp3) is 0.200. The summed E-state index contributed by atoms with van der Waals surface area (Å²) in [6, 6.07) is 15.7. The Morgan fingerprint density at radius 2 is 1.88 bits per heavy atom. The average Bonchev–Trinajstić information content (AvgIpc) is 3.05. The van der Waals surface area contributed by atoms with Crippen molar-refractivity contribution in [2.24, 2.45) is 0 Å². The van der Waals surface area contributed by atoms with Crippen LogP contribution in [0, 0.1) is 0 Å². The summed E-state index contributed by atoms with van der Waals surface area (Å²) in [6.07, 6.45) is 2.03. The van der Waals surface area contributed by atoms with E-state index in [2.05, 4.69) is 5.32 Å². The molecule has 1 unspecified atom stereocenters. The van der Waals surface area contributed by atoms with Crippen molar-refractivity contribution in [1.29, 1.82) is 0 Å². The molecule has 0 radical (unpaired) electrons. The molecular weight excluding hydrogens is 332 g/mol. The Balaban J connectivity index is 1.72. The minimum Gasteiger partial charge on any atom is -0.496 e. The number of hydrogen-bond donors (Lipinski definition) is 2. The first-order valence-corrected chi connectivity index (χ1v) is 8.26. The average molecular weight is 352 g/mol. The fourth-order valence-corrected chi connectivity index (χ4v) is 2.96. The molecule has 0 spiro atoms. The van der Waals surface area contributed by atoms with Crippen molar-refractivity contribution in [3.05, 3.63) is 66.4 Å². The van der Waals surface area contributed by atoms with Crippen molar-refractivity contribution in [2.45, 2.75) is 19.0 Å². The van der Waals surface area contributed by atoms with Crippen LogP contribution < -0.4 is 10.1 Å². The lowest BCUT2D eigenvalue weighted by Gasteiger charge is -2.15. The van der Waals surface area contributed by atoms with E-state index in [-0.39, 0.29) is 18.9 Å². The zero-order valence-corrected chi connectivity index (χ0v) is 14.4. The Kier molecular flexibility index (Phi) is 5.22. The monoisotopic (exact) mass is 352 g/mol. The third-order valence-electron chi connectivity index (χ3n) is 4.22. The van der Waals surface area contributed by atoms with E-state index in [4.69, 9.17) is 4.74 Å². The number of aliphatic carboxylic acids is 1. The highest BCUT2D eigenvalue weighted by molar-refractivity contribution is 5.89. The number of rotatable bonds is 7. The molecular formula is C20H20N2O4. The maximum absolute atomic E-state index is 12.4. The molecule has 0 fully saturated rings. The van der Waals surface area contributed by atoms with Gasteiger partial charge in [0.25, 0.3) is 0 Å². The van der Waals surface area contributed by atoms with Gasteiger partial charge in [-0.25, -0.2) is 4.79 Å². The molecule has 0 aliphatic carbocycles. The van der Waals surface area contributed by atoms with Gasteiger partial charge < -0.3 is 19.7 Å². The molecule has 0 aliphatic rings. The number of hydrogen-bond acceptors (Lipinski definition) is 3. The highest BCUT2D eigenvalue weighted by Crippen LogP contribution is 2.26. The predicted molar refractivity (Wildman–Crippen MR) is 98.2 cm³/mol. The molecule has 3 rings (SSSR count). The van der Waals surface area contributed by atoms with E-state index in [1.807, 2.05) is 54.6 Å². The normalized spacial score (nSPS) is 11.9. The summed E-state index contributed by atoms with van der Waals surface area (Å²) in [6.45, 7) is 0.0369. The summed E-state index contributed by atoms with van der Waals surface area (Å²) in [5.41, 5.74) is 1.71. The van der Waals surface area contributed by atoms with Crippen molar-refractivity contribution in [2.75, 3.05) is 7.11 Å². The maximum atomic E-state index is 12.4. The largest absolute Gasteiger partial charge is 0.496 e. The number of nitrogens with one attached hydrogen (secondary N) is 1. The Bertz CT molecular complexity index is 918. The Morgan fingerprint density at radius 1 is 1.12 bits per heavy atom. The topological polar surface area (TPSA) is 80.6 Å². The zero-order valence-electron chi connectivity index (χ0n) is 14.4. The summed E-state index contributed by atoms with van der Waals surface area (Å²) in [5, 5.41) is 12.9. The minimum atomic E-state index is -1.05. The van der Waals surface area contributed by atoms with Gasteiger partial charge in [-0.1, -0.05) is 36.4 Å². The lowest BCUT2D eigenvalue weighted by Crippen LogP contribution is -2.43. The summed E-state index contributed by atoms with van der Waals surface area (Å²) >= 11 is 0. The van der Waals surface area contributed by atoms with E-state index in [1.165, 1.54) is 0 Å². The zero-order chi connectivity index (χ0) is 18.5. The number of carbonyl (C=O) groups is 2. The smallest absolute Gasteiger partial charge is 0.326 e. The molecule has 2 aromatic carbocycles. The summed E-state index contributed by atoms with van der Waals surface area (Å²) < 4.78 is 7.09. The second-order valence-corrected chi connectivity index (χ2v) is 5.98. The van der Waals surface area contributed by atoms with Gasteiger partial charge in [-0.3, -0.25) is 4.79 Å². The van der Waals surface area contributed by atoms with Crippen LogP contribution in [0.3, 0.4) is 0 Å². The van der Waals surface area contributed by atoms with Crippen molar-refractivity contribution in [3.63, 3.8) is 0 Å². The maximum Gasteiger partial charge on any atom is 0.326 e. The predicted octanol–water partition coefficient (Wildman–Crippen LogP) is 2.46. The van der Waals surface area contributed by atoms with Crippen molar-refractivity contribution >= 4 is 22.8 Å². The first-order chi connectivity index (χ1) is 12.6. The summed E-state index contributed by atoms with van der Waals surface area (Å²) in [5.74, 6) is -0.677. The number of carboxylic acid groups (broad SMARTS) is 1. The number of benzene rings is 2. The number of carbonyl (C=O) groups excluding carboxylic acids is 1. The number of fused-ring (bicyclic) bond motifs is 1. The number of carboxylic acids is 1. The van der Waals surface area contributed by atoms with Crippen molar-refractivity contribution in [1.82, 2.24) is 9.88 Å². The second-order valence-electron chi connectivity index (χ2n) is 5.98. The van der Waals surface area contributed by atoms with E-state index in [9.17, 15) is 14.7 Å². The van der Waals surface area contributed by atoms with E-state index >= 15 is 0 Å². The number of nitrogens with zero attached hydrogens (tertiary/aromatic N) is 1. The SMILES string of the molecule is COc1cccc2c1ccn2CC(=O)NC(Cc1ccccc1)C(=O)O. The third kappa shape index (κ3) is 3.85. The molecule has 0 aliphatic heterocycles. The highest BCUT2D eigenvalue weighted by Gasteiger charge is 2.20. The number of aromatic nitrogens is 1. The quantitative estimate of drug-likeness (QED) is 0.684. The molecule has 1 heterocycles. The van der Waals surface area contributed by atoms with Gasteiger partial charge in [-0.05, 0) is 23.8 Å². The molecule has 1 aromatic heterocycles. The van der Waals surface area contributed by atoms with Crippen molar-refractivity contribution < 1.29 is 19.4 Å². The van der Waals surface area contributed by atoms with Crippen LogP contribution >= 0.6 is 0 Å². The van der Waals surface area contributed by atoms with Crippen LogP contribution in [0.2, 0.25) is 0 Å². The van der Waals surface area contributed by atoms with Crippen LogP contribution in [-0.2, 0) is 22.6 Å². The molecule has 0 bridgehead atoms.